The van der Waals surface area contributed by atoms with E-state index in [9.17, 15) is 24.9 Å². The number of aliphatic carboxylic acids is 1. The smallest absolute Gasteiger partial charge is 0.354 e. The Hall–Kier alpha value is -2.34. The zero-order valence-corrected chi connectivity index (χ0v) is 21.7. The van der Waals surface area contributed by atoms with Gasteiger partial charge in [0.15, 0.2) is 6.23 Å². The lowest BCUT2D eigenvalue weighted by molar-refractivity contribution is -0.137. The van der Waals surface area contributed by atoms with Gasteiger partial charge in [-0.2, -0.15) is 4.98 Å². The Morgan fingerprint density at radius 1 is 0.973 bits per heavy atom. The molecule has 11 nitrogen and oxygen atoms in total. The molecule has 210 valence electrons. The van der Waals surface area contributed by atoms with E-state index in [-0.39, 0.29) is 12.4 Å². The Bertz CT molecular complexity index is 879. The van der Waals surface area contributed by atoms with Crippen molar-refractivity contribution in [3.63, 3.8) is 0 Å². The normalized spacial score (nSPS) is 22.6. The van der Waals surface area contributed by atoms with E-state index in [0.29, 0.717) is 6.42 Å². The number of hydrogen-bond acceptors (Lipinski definition) is 9. The van der Waals surface area contributed by atoms with Crippen LogP contribution in [-0.4, -0.2) is 65.3 Å². The van der Waals surface area contributed by atoms with Crippen LogP contribution in [0.1, 0.15) is 103 Å². The maximum Gasteiger partial charge on any atom is 0.354 e. The third-order valence-electron chi connectivity index (χ3n) is 6.72. The van der Waals surface area contributed by atoms with Gasteiger partial charge >= 0.3 is 11.7 Å². The van der Waals surface area contributed by atoms with Crippen molar-refractivity contribution in [2.24, 2.45) is 0 Å². The van der Waals surface area contributed by atoms with Crippen LogP contribution < -0.4 is 11.4 Å². The number of rotatable bonds is 19. The van der Waals surface area contributed by atoms with E-state index < -0.39 is 42.3 Å². The molecule has 0 amide bonds. The SMILES string of the molecule is Nc1ncn([C@@H]2O[C@H](C(O)CCCCCCCC/C=C/CCCCCCCC(=O)O)[C@@H](O)[C@H]2O)c(=O)n1. The van der Waals surface area contributed by atoms with Gasteiger partial charge in [0.25, 0.3) is 0 Å². The maximum atomic E-state index is 12.0. The number of nitrogens with two attached hydrogens (primary N) is 1. The number of hydrogen-bond donors (Lipinski definition) is 5. The molecule has 1 aliphatic heterocycles. The Morgan fingerprint density at radius 2 is 1.54 bits per heavy atom. The summed E-state index contributed by atoms with van der Waals surface area (Å²) in [7, 11) is 0. The van der Waals surface area contributed by atoms with Crippen molar-refractivity contribution >= 4 is 11.9 Å². The number of carboxylic acid groups (broad SMARTS) is 1. The number of nitrogens with zero attached hydrogens (tertiary/aromatic N) is 3. The van der Waals surface area contributed by atoms with Crippen LogP contribution in [0.4, 0.5) is 5.95 Å². The Balaban J connectivity index is 1.48. The summed E-state index contributed by atoms with van der Waals surface area (Å²) in [5, 5.41) is 39.7. The van der Waals surface area contributed by atoms with E-state index in [2.05, 4.69) is 22.1 Å². The van der Waals surface area contributed by atoms with Crippen molar-refractivity contribution in [1.29, 1.82) is 0 Å². The number of aliphatic hydroxyl groups excluding tert-OH is 3. The van der Waals surface area contributed by atoms with E-state index in [1.807, 2.05) is 0 Å². The second-order valence-corrected chi connectivity index (χ2v) is 9.81. The molecular formula is C26H44N4O7. The van der Waals surface area contributed by atoms with Gasteiger partial charge in [0.05, 0.1) is 6.10 Å². The molecule has 2 rings (SSSR count). The fourth-order valence-electron chi connectivity index (χ4n) is 4.55. The van der Waals surface area contributed by atoms with Crippen LogP contribution in [0.25, 0.3) is 0 Å². The Kier molecular flexibility index (Phi) is 14.4. The highest BCUT2D eigenvalue weighted by Gasteiger charge is 2.47. The van der Waals surface area contributed by atoms with E-state index in [0.717, 1.165) is 94.4 Å². The average molecular weight is 525 g/mol. The van der Waals surface area contributed by atoms with Crippen molar-refractivity contribution in [3.8, 4) is 0 Å². The van der Waals surface area contributed by atoms with Gasteiger partial charge in [0.1, 0.15) is 24.6 Å². The van der Waals surface area contributed by atoms with Crippen LogP contribution in [-0.2, 0) is 9.53 Å². The van der Waals surface area contributed by atoms with Gasteiger partial charge in [-0.1, -0.05) is 63.5 Å². The summed E-state index contributed by atoms with van der Waals surface area (Å²) in [5.74, 6) is -0.905. The molecule has 0 aromatic carbocycles. The highest BCUT2D eigenvalue weighted by atomic mass is 16.6. The lowest BCUT2D eigenvalue weighted by Crippen LogP contribution is -2.39. The molecule has 0 spiro atoms. The summed E-state index contributed by atoms with van der Waals surface area (Å²) in [6.45, 7) is 0. The first-order chi connectivity index (χ1) is 17.8. The number of allylic oxidation sites excluding steroid dienone is 2. The average Bonchev–Trinajstić information content (AvgIpc) is 3.15. The molecule has 11 heteroatoms. The van der Waals surface area contributed by atoms with Crippen LogP contribution in [0, 0.1) is 0 Å². The number of unbranched alkanes of at least 4 members (excludes halogenated alkanes) is 11. The standard InChI is InChI=1S/C26H44N4O7/c27-25-28-18-30(26(36)29-25)24-22(35)21(34)23(37-24)19(31)16-14-12-10-8-6-4-2-1-3-5-7-9-11-13-15-17-20(32)33/h1,3,18-19,21-24,31,34-35H,2,4-17H2,(H,32,33)(H2,27,29,36)/b3-1+/t19?,21-,22+,23+,24+/m0/s1. The molecule has 1 fully saturated rings. The molecule has 0 bridgehead atoms. The molecule has 1 aromatic rings. The van der Waals surface area contributed by atoms with Crippen LogP contribution in [0.15, 0.2) is 23.3 Å². The fourth-order valence-corrected chi connectivity index (χ4v) is 4.55. The molecule has 2 heterocycles. The molecule has 5 atom stereocenters. The first kappa shape index (κ1) is 30.9. The molecule has 0 saturated carbocycles. The van der Waals surface area contributed by atoms with Crippen molar-refractivity contribution in [1.82, 2.24) is 14.5 Å². The van der Waals surface area contributed by atoms with Crippen molar-refractivity contribution in [2.75, 3.05) is 5.73 Å². The molecule has 1 aliphatic rings. The van der Waals surface area contributed by atoms with Gasteiger partial charge in [-0.15, -0.1) is 0 Å². The molecule has 1 aromatic heterocycles. The third kappa shape index (κ3) is 11.3. The number of carbonyl (C=O) groups is 1. The number of ether oxygens (including phenoxy) is 1. The monoisotopic (exact) mass is 524 g/mol. The number of aliphatic hydroxyl groups is 3. The van der Waals surface area contributed by atoms with E-state index in [1.165, 1.54) is 0 Å². The quantitative estimate of drug-likeness (QED) is 0.133. The summed E-state index contributed by atoms with van der Waals surface area (Å²) >= 11 is 0. The van der Waals surface area contributed by atoms with E-state index in [1.54, 1.807) is 0 Å². The van der Waals surface area contributed by atoms with Gasteiger partial charge in [-0.3, -0.25) is 9.36 Å². The zero-order chi connectivity index (χ0) is 27.0. The summed E-state index contributed by atoms with van der Waals surface area (Å²) in [6, 6.07) is 0. The molecule has 0 aliphatic carbocycles. The number of anilines is 1. The van der Waals surface area contributed by atoms with E-state index >= 15 is 0 Å². The largest absolute Gasteiger partial charge is 0.481 e. The molecule has 37 heavy (non-hydrogen) atoms. The molecule has 1 unspecified atom stereocenters. The number of aromatic nitrogens is 3. The molecule has 6 N–H and O–H groups in total. The van der Waals surface area contributed by atoms with Gasteiger partial charge in [-0.25, -0.2) is 9.78 Å². The predicted molar refractivity (Wildman–Crippen MR) is 139 cm³/mol. The second-order valence-electron chi connectivity index (χ2n) is 9.81. The highest BCUT2D eigenvalue weighted by molar-refractivity contribution is 5.66. The number of carboxylic acids is 1. The van der Waals surface area contributed by atoms with Crippen LogP contribution >= 0.6 is 0 Å². The van der Waals surface area contributed by atoms with Crippen LogP contribution in [0.5, 0.6) is 0 Å². The maximum absolute atomic E-state index is 12.0. The minimum atomic E-state index is -1.39. The lowest BCUT2D eigenvalue weighted by atomic mass is 9.99. The molecular weight excluding hydrogens is 480 g/mol. The first-order valence-corrected chi connectivity index (χ1v) is 13.6. The molecule has 1 saturated heterocycles. The van der Waals surface area contributed by atoms with Crippen LogP contribution in [0.2, 0.25) is 0 Å². The van der Waals surface area contributed by atoms with Gasteiger partial charge in [0, 0.05) is 6.42 Å². The van der Waals surface area contributed by atoms with Gasteiger partial charge in [-0.05, 0) is 38.5 Å². The van der Waals surface area contributed by atoms with Crippen molar-refractivity contribution in [3.05, 3.63) is 29.0 Å². The summed E-state index contributed by atoms with van der Waals surface area (Å²) in [4.78, 5) is 29.7. The summed E-state index contributed by atoms with van der Waals surface area (Å²) in [6.07, 6.45) is 14.0. The minimum Gasteiger partial charge on any atom is -0.481 e. The van der Waals surface area contributed by atoms with E-state index in [4.69, 9.17) is 15.6 Å². The van der Waals surface area contributed by atoms with Crippen molar-refractivity contribution in [2.45, 2.75) is 127 Å². The predicted octanol–water partition coefficient (Wildman–Crippen LogP) is 2.69. The summed E-state index contributed by atoms with van der Waals surface area (Å²) in [5.41, 5.74) is 4.62. The van der Waals surface area contributed by atoms with Crippen molar-refractivity contribution < 1.29 is 30.0 Å². The van der Waals surface area contributed by atoms with Gasteiger partial charge in [0.2, 0.25) is 5.95 Å². The second kappa shape index (κ2) is 17.2. The number of nitrogen functional groups attached to an aromatic ring is 1. The highest BCUT2D eigenvalue weighted by Crippen LogP contribution is 2.31. The Morgan fingerprint density at radius 3 is 2.14 bits per heavy atom. The molecule has 0 radical (unpaired) electrons. The summed E-state index contributed by atoms with van der Waals surface area (Å²) < 4.78 is 6.57. The zero-order valence-electron chi connectivity index (χ0n) is 21.7. The van der Waals surface area contributed by atoms with Crippen LogP contribution in [0.3, 0.4) is 0 Å². The first-order valence-electron chi connectivity index (χ1n) is 13.6. The fraction of sp³-hybridized carbons (Fsp3) is 0.769. The minimum absolute atomic E-state index is 0.197. The lowest BCUT2D eigenvalue weighted by Gasteiger charge is -2.21. The van der Waals surface area contributed by atoms with Gasteiger partial charge < -0.3 is 30.9 Å². The topological polar surface area (TPSA) is 181 Å². The Labute approximate surface area is 218 Å². The third-order valence-corrected chi connectivity index (χ3v) is 6.72.